The molecule has 0 radical (unpaired) electrons. The molecule has 0 spiro atoms. The first-order valence-electron chi connectivity index (χ1n) is 12.7. The first-order chi connectivity index (χ1) is 17.8. The first-order valence-corrected chi connectivity index (χ1v) is 17.5. The molecule has 36 heavy (non-hydrogen) atoms. The first kappa shape index (κ1) is 24.6. The molecule has 0 amide bonds. The lowest BCUT2D eigenvalue weighted by molar-refractivity contribution is 1.16. The molecule has 5 rings (SSSR count). The normalized spacial score (nSPS) is 11.2. The lowest BCUT2D eigenvalue weighted by Crippen LogP contribution is -2.64. The Morgan fingerprint density at radius 2 is 0.861 bits per heavy atom. The molecule has 0 fully saturated rings. The lowest BCUT2D eigenvalue weighted by atomic mass is 10.2. The van der Waals surface area contributed by atoms with Crippen LogP contribution in [-0.4, -0.2) is 29.6 Å². The highest BCUT2D eigenvalue weighted by Gasteiger charge is 2.28. The van der Waals surface area contributed by atoms with Gasteiger partial charge in [0.25, 0.3) is 0 Å². The molecule has 3 heteroatoms. The highest BCUT2D eigenvalue weighted by atomic mass is 32.2. The zero-order valence-electron chi connectivity index (χ0n) is 20.8. The lowest BCUT2D eigenvalue weighted by Gasteiger charge is -2.26. The highest BCUT2D eigenvalue weighted by Crippen LogP contribution is 2.06. The summed E-state index contributed by atoms with van der Waals surface area (Å²) < 4.78 is 0. The van der Waals surface area contributed by atoms with Gasteiger partial charge in [0.1, 0.15) is 17.6 Å². The molecular formula is C33H32SSi2. The Morgan fingerprint density at radius 1 is 0.472 bits per heavy atom. The Balaban J connectivity index is 1.77. The maximum Gasteiger partial charge on any atom is 0.132 e. The second-order valence-electron chi connectivity index (χ2n) is 9.21. The predicted molar refractivity (Wildman–Crippen MR) is 166 cm³/mol. The van der Waals surface area contributed by atoms with Crippen LogP contribution in [0.1, 0.15) is 5.56 Å². The van der Waals surface area contributed by atoms with E-state index in [1.54, 1.807) is 10.4 Å². The number of aryl methyl sites for hydroxylation is 1. The fourth-order valence-corrected chi connectivity index (χ4v) is 12.8. The van der Waals surface area contributed by atoms with Gasteiger partial charge in [-0.15, -0.1) is 0 Å². The van der Waals surface area contributed by atoms with Crippen molar-refractivity contribution in [2.75, 3.05) is 12.0 Å². The second kappa shape index (κ2) is 12.2. The topological polar surface area (TPSA) is 0 Å². The smallest absolute Gasteiger partial charge is 0.132 e. The van der Waals surface area contributed by atoms with Gasteiger partial charge in [0.2, 0.25) is 0 Å². The number of thioether (sulfide) groups is 1. The number of benzene rings is 5. The van der Waals surface area contributed by atoms with Crippen molar-refractivity contribution in [1.82, 2.24) is 0 Å². The average molecular weight is 517 g/mol. The van der Waals surface area contributed by atoms with E-state index in [4.69, 9.17) is 0 Å². The van der Waals surface area contributed by atoms with Crippen molar-refractivity contribution < 1.29 is 0 Å². The maximum atomic E-state index is 2.58. The van der Waals surface area contributed by atoms with Gasteiger partial charge in [0, 0.05) is 0 Å². The molecule has 0 unspecified atom stereocenters. The number of hydrogen-bond acceptors (Lipinski definition) is 1. The fourth-order valence-electron chi connectivity index (χ4n) is 5.20. The Morgan fingerprint density at radius 3 is 1.25 bits per heavy atom. The molecule has 0 atom stereocenters. The summed E-state index contributed by atoms with van der Waals surface area (Å²) in [5, 5.41) is 9.10. The largest absolute Gasteiger partial charge is 0.165 e. The highest BCUT2D eigenvalue weighted by molar-refractivity contribution is 7.98. The summed E-state index contributed by atoms with van der Waals surface area (Å²) in [6.07, 6.45) is 3.32. The van der Waals surface area contributed by atoms with Crippen molar-refractivity contribution in [1.29, 1.82) is 0 Å². The molecule has 0 nitrogen and oxygen atoms in total. The van der Waals surface area contributed by atoms with E-state index in [9.17, 15) is 0 Å². The molecule has 5 aromatic carbocycles. The van der Waals surface area contributed by atoms with Gasteiger partial charge in [-0.2, -0.15) is 11.8 Å². The third-order valence-corrected chi connectivity index (χ3v) is 14.3. The average Bonchev–Trinajstić information content (AvgIpc) is 2.95. The molecule has 5 aromatic rings. The summed E-state index contributed by atoms with van der Waals surface area (Å²) in [5.74, 6) is 1.15. The summed E-state index contributed by atoms with van der Waals surface area (Å²) in [7, 11) is -3.35. The third-order valence-electron chi connectivity index (χ3n) is 6.90. The molecule has 0 saturated carbocycles. The Bertz CT molecular complexity index is 1280. The minimum atomic E-state index is -1.69. The van der Waals surface area contributed by atoms with Gasteiger partial charge in [-0.25, -0.2) is 0 Å². The van der Waals surface area contributed by atoms with Gasteiger partial charge in [-0.3, -0.25) is 0 Å². The van der Waals surface area contributed by atoms with Crippen molar-refractivity contribution >= 4 is 60.5 Å². The number of rotatable bonds is 9. The number of hydrogen-bond donors (Lipinski definition) is 0. The van der Waals surface area contributed by atoms with Gasteiger partial charge >= 0.3 is 0 Å². The SMILES string of the molecule is CSCCc1ccc([SiH](c2ccccc2)c2ccccc2)c([SiH](c2ccccc2)c2ccccc2)c1. The van der Waals surface area contributed by atoms with Crippen LogP contribution in [0.15, 0.2) is 140 Å². The van der Waals surface area contributed by atoms with Crippen molar-refractivity contribution in [2.24, 2.45) is 0 Å². The van der Waals surface area contributed by atoms with Gasteiger partial charge in [-0.1, -0.05) is 171 Å². The van der Waals surface area contributed by atoms with Crippen LogP contribution < -0.4 is 31.1 Å². The van der Waals surface area contributed by atoms with Crippen molar-refractivity contribution in [3.63, 3.8) is 0 Å². The minimum Gasteiger partial charge on any atom is -0.165 e. The molecule has 0 aromatic heterocycles. The van der Waals surface area contributed by atoms with E-state index in [1.165, 1.54) is 26.3 Å². The molecule has 0 aliphatic rings. The van der Waals surface area contributed by atoms with Crippen molar-refractivity contribution in [3.05, 3.63) is 145 Å². The van der Waals surface area contributed by atoms with Crippen molar-refractivity contribution in [2.45, 2.75) is 6.42 Å². The molecular weight excluding hydrogens is 485 g/mol. The molecule has 0 aliphatic heterocycles. The predicted octanol–water partition coefficient (Wildman–Crippen LogP) is 3.09. The van der Waals surface area contributed by atoms with E-state index < -0.39 is 17.6 Å². The van der Waals surface area contributed by atoms with E-state index in [2.05, 4.69) is 146 Å². The fraction of sp³-hybridized carbons (Fsp3) is 0.0909. The summed E-state index contributed by atoms with van der Waals surface area (Å²) >= 11 is 1.93. The zero-order valence-corrected chi connectivity index (χ0v) is 23.9. The van der Waals surface area contributed by atoms with Crippen LogP contribution in [0.3, 0.4) is 0 Å². The second-order valence-corrected chi connectivity index (χ2v) is 15.8. The van der Waals surface area contributed by atoms with Gasteiger partial charge in [-0.05, 0) is 24.0 Å². The molecule has 178 valence electrons. The summed E-state index contributed by atoms with van der Waals surface area (Å²) in [6, 6.07) is 52.4. The van der Waals surface area contributed by atoms with Crippen LogP contribution in [0.2, 0.25) is 0 Å². The summed E-state index contributed by atoms with van der Waals surface area (Å²) in [6.45, 7) is 0. The molecule has 0 aliphatic carbocycles. The quantitative estimate of drug-likeness (QED) is 0.214. The van der Waals surface area contributed by atoms with Crippen LogP contribution in [0.5, 0.6) is 0 Å². The molecule has 0 bridgehead atoms. The van der Waals surface area contributed by atoms with Crippen molar-refractivity contribution in [3.8, 4) is 0 Å². The summed E-state index contributed by atoms with van der Waals surface area (Å²) in [4.78, 5) is 0. The van der Waals surface area contributed by atoms with Crippen LogP contribution in [0.4, 0.5) is 0 Å². The Hall–Kier alpha value is -3.12. The molecule has 0 saturated heterocycles. The molecule has 0 N–H and O–H groups in total. The molecule has 0 heterocycles. The van der Waals surface area contributed by atoms with E-state index in [0.717, 1.165) is 12.2 Å². The van der Waals surface area contributed by atoms with E-state index >= 15 is 0 Å². The Labute approximate surface area is 223 Å². The standard InChI is InChI=1S/C33H32SSi2/c1-34-25-24-27-22-23-32(35(28-14-6-2-7-15-28)29-16-8-3-9-17-29)33(26-27)36(30-18-10-4-11-19-30)31-20-12-5-13-21-31/h2-23,26,35-36H,24-25H2,1H3. The zero-order chi connectivity index (χ0) is 24.6. The minimum absolute atomic E-state index is 1.11. The van der Waals surface area contributed by atoms with Gasteiger partial charge in [0.15, 0.2) is 0 Å². The van der Waals surface area contributed by atoms with E-state index in [1.807, 2.05) is 11.8 Å². The van der Waals surface area contributed by atoms with Crippen LogP contribution >= 0.6 is 11.8 Å². The van der Waals surface area contributed by atoms with Crippen LogP contribution in [0.25, 0.3) is 0 Å². The van der Waals surface area contributed by atoms with Crippen LogP contribution in [-0.2, 0) is 6.42 Å². The third kappa shape index (κ3) is 5.65. The summed E-state index contributed by atoms with van der Waals surface area (Å²) in [5.41, 5.74) is 1.46. The van der Waals surface area contributed by atoms with Gasteiger partial charge < -0.3 is 0 Å². The maximum absolute atomic E-state index is 2.58. The Kier molecular flexibility index (Phi) is 8.34. The van der Waals surface area contributed by atoms with E-state index in [-0.39, 0.29) is 0 Å². The van der Waals surface area contributed by atoms with Crippen LogP contribution in [0, 0.1) is 0 Å². The monoisotopic (exact) mass is 516 g/mol. The van der Waals surface area contributed by atoms with Gasteiger partial charge in [0.05, 0.1) is 0 Å². The van der Waals surface area contributed by atoms with E-state index in [0.29, 0.717) is 0 Å².